The Balaban J connectivity index is 1.61. The Labute approximate surface area is 175 Å². The molecule has 1 aliphatic carbocycles. The largest absolute Gasteiger partial charge is 0.335 e. The standard InChI is InChI=1S/C24H25N5O/c30-24-28(17-18-10-4-1-5-11-18)21-16-25-23(26-19-12-6-2-7-13-19)27-22(21)29(24)20-14-8-3-9-15-20/h2-3,6-9,12-16,18H,1,4-5,10-11,17H2,(H,25,26,27). The van der Waals surface area contributed by atoms with Crippen LogP contribution < -0.4 is 11.0 Å². The van der Waals surface area contributed by atoms with E-state index in [-0.39, 0.29) is 5.69 Å². The first-order valence-electron chi connectivity index (χ1n) is 10.7. The van der Waals surface area contributed by atoms with E-state index in [9.17, 15) is 4.79 Å². The molecule has 4 aromatic rings. The molecule has 2 aromatic heterocycles. The van der Waals surface area contributed by atoms with Gasteiger partial charge in [0.15, 0.2) is 5.65 Å². The van der Waals surface area contributed by atoms with Gasteiger partial charge in [-0.2, -0.15) is 4.98 Å². The van der Waals surface area contributed by atoms with E-state index in [0.29, 0.717) is 17.5 Å². The lowest BCUT2D eigenvalue weighted by Gasteiger charge is -2.21. The SMILES string of the molecule is O=c1n(CC2CCCCC2)c2cnc(Nc3ccccc3)nc2n1-c1ccccc1. The van der Waals surface area contributed by atoms with E-state index in [1.807, 2.05) is 65.2 Å². The molecular formula is C24H25N5O. The maximum absolute atomic E-state index is 13.5. The van der Waals surface area contributed by atoms with Gasteiger partial charge in [-0.3, -0.25) is 4.57 Å². The van der Waals surface area contributed by atoms with Gasteiger partial charge in [-0.15, -0.1) is 0 Å². The van der Waals surface area contributed by atoms with E-state index in [0.717, 1.165) is 23.4 Å². The van der Waals surface area contributed by atoms with E-state index in [4.69, 9.17) is 4.98 Å². The summed E-state index contributed by atoms with van der Waals surface area (Å²) in [4.78, 5) is 22.7. The lowest BCUT2D eigenvalue weighted by Crippen LogP contribution is -2.27. The van der Waals surface area contributed by atoms with E-state index < -0.39 is 0 Å². The fourth-order valence-corrected chi connectivity index (χ4v) is 4.36. The first-order valence-corrected chi connectivity index (χ1v) is 10.7. The van der Waals surface area contributed by atoms with Crippen molar-refractivity contribution < 1.29 is 0 Å². The number of fused-ring (bicyclic) bond motifs is 1. The molecule has 0 spiro atoms. The Kier molecular flexibility index (Phi) is 5.05. The number of benzene rings is 2. The summed E-state index contributed by atoms with van der Waals surface area (Å²) in [5.41, 5.74) is 3.10. The van der Waals surface area contributed by atoms with Crippen LogP contribution in [-0.4, -0.2) is 19.1 Å². The van der Waals surface area contributed by atoms with Crippen LogP contribution in [0.5, 0.6) is 0 Å². The Bertz CT molecular complexity index is 1190. The summed E-state index contributed by atoms with van der Waals surface area (Å²) in [5.74, 6) is 1.02. The van der Waals surface area contributed by atoms with E-state index in [1.54, 1.807) is 10.8 Å². The highest BCUT2D eigenvalue weighted by Crippen LogP contribution is 2.26. The third-order valence-electron chi connectivity index (χ3n) is 5.88. The van der Waals surface area contributed by atoms with Crippen LogP contribution in [0.4, 0.5) is 11.6 Å². The predicted octanol–water partition coefficient (Wildman–Crippen LogP) is 4.91. The molecule has 0 amide bonds. The highest BCUT2D eigenvalue weighted by Gasteiger charge is 2.21. The second kappa shape index (κ2) is 8.14. The third-order valence-corrected chi connectivity index (χ3v) is 5.88. The van der Waals surface area contributed by atoms with Crippen LogP contribution in [0.1, 0.15) is 32.1 Å². The van der Waals surface area contributed by atoms with Crippen LogP contribution >= 0.6 is 0 Å². The second-order valence-electron chi connectivity index (χ2n) is 7.96. The van der Waals surface area contributed by atoms with Gasteiger partial charge in [0.05, 0.1) is 11.9 Å². The molecule has 0 radical (unpaired) electrons. The van der Waals surface area contributed by atoms with Crippen molar-refractivity contribution in [3.05, 3.63) is 77.3 Å². The molecule has 2 heterocycles. The fraction of sp³-hybridized carbons (Fsp3) is 0.292. The van der Waals surface area contributed by atoms with Gasteiger partial charge >= 0.3 is 5.69 Å². The minimum absolute atomic E-state index is 0.0482. The van der Waals surface area contributed by atoms with Gasteiger partial charge in [-0.1, -0.05) is 55.7 Å². The molecule has 152 valence electrons. The number of nitrogens with one attached hydrogen (secondary N) is 1. The minimum atomic E-state index is -0.0482. The Hall–Kier alpha value is -3.41. The molecule has 1 saturated carbocycles. The normalized spacial score (nSPS) is 14.8. The summed E-state index contributed by atoms with van der Waals surface area (Å²) in [5, 5.41) is 3.24. The molecule has 1 N–H and O–H groups in total. The summed E-state index contributed by atoms with van der Waals surface area (Å²) >= 11 is 0. The molecule has 6 heteroatoms. The lowest BCUT2D eigenvalue weighted by atomic mass is 9.89. The van der Waals surface area contributed by atoms with Crippen molar-refractivity contribution >= 4 is 22.8 Å². The predicted molar refractivity (Wildman–Crippen MR) is 119 cm³/mol. The van der Waals surface area contributed by atoms with Crippen molar-refractivity contribution in [3.63, 3.8) is 0 Å². The lowest BCUT2D eigenvalue weighted by molar-refractivity contribution is 0.319. The number of nitrogens with zero attached hydrogens (tertiary/aromatic N) is 4. The summed E-state index contributed by atoms with van der Waals surface area (Å²) in [6.07, 6.45) is 7.93. The van der Waals surface area contributed by atoms with Crippen LogP contribution in [-0.2, 0) is 6.54 Å². The molecule has 30 heavy (non-hydrogen) atoms. The molecule has 0 unspecified atom stereocenters. The van der Waals surface area contributed by atoms with Crippen molar-refractivity contribution in [1.82, 2.24) is 19.1 Å². The number of para-hydroxylation sites is 2. The van der Waals surface area contributed by atoms with E-state index in [2.05, 4.69) is 10.3 Å². The maximum atomic E-state index is 13.5. The topological polar surface area (TPSA) is 64.7 Å². The quantitative estimate of drug-likeness (QED) is 0.518. The Morgan fingerprint density at radius 3 is 2.37 bits per heavy atom. The van der Waals surface area contributed by atoms with Crippen molar-refractivity contribution in [2.75, 3.05) is 5.32 Å². The summed E-state index contributed by atoms with van der Waals surface area (Å²) in [6.45, 7) is 0.726. The monoisotopic (exact) mass is 399 g/mol. The molecule has 0 aliphatic heterocycles. The van der Waals surface area contributed by atoms with Gasteiger partial charge < -0.3 is 5.32 Å². The molecule has 0 atom stereocenters. The van der Waals surface area contributed by atoms with E-state index >= 15 is 0 Å². The van der Waals surface area contributed by atoms with Gasteiger partial charge in [0.2, 0.25) is 5.95 Å². The maximum Gasteiger partial charge on any atom is 0.335 e. The first-order chi connectivity index (χ1) is 14.8. The molecule has 6 nitrogen and oxygen atoms in total. The summed E-state index contributed by atoms with van der Waals surface area (Å²) in [7, 11) is 0. The summed E-state index contributed by atoms with van der Waals surface area (Å²) in [6, 6.07) is 19.5. The average Bonchev–Trinajstić information content (AvgIpc) is 3.06. The molecular weight excluding hydrogens is 374 g/mol. The molecule has 2 aromatic carbocycles. The van der Waals surface area contributed by atoms with Crippen molar-refractivity contribution in [2.45, 2.75) is 38.6 Å². The highest BCUT2D eigenvalue weighted by atomic mass is 16.1. The zero-order valence-corrected chi connectivity index (χ0v) is 16.9. The smallest absolute Gasteiger partial charge is 0.324 e. The third kappa shape index (κ3) is 3.61. The number of hydrogen-bond donors (Lipinski definition) is 1. The van der Waals surface area contributed by atoms with Gasteiger partial charge in [-0.25, -0.2) is 14.3 Å². The molecule has 5 rings (SSSR count). The number of rotatable bonds is 5. The summed E-state index contributed by atoms with van der Waals surface area (Å²) < 4.78 is 3.57. The van der Waals surface area contributed by atoms with E-state index in [1.165, 1.54) is 32.1 Å². The zero-order valence-electron chi connectivity index (χ0n) is 16.9. The van der Waals surface area contributed by atoms with Crippen LogP contribution in [0, 0.1) is 5.92 Å². The van der Waals surface area contributed by atoms with Gasteiger partial charge in [0.1, 0.15) is 5.52 Å². The molecule has 1 fully saturated rings. The minimum Gasteiger partial charge on any atom is -0.324 e. The first kappa shape index (κ1) is 18.6. The number of anilines is 2. The molecule has 1 aliphatic rings. The van der Waals surface area contributed by atoms with Crippen molar-refractivity contribution in [1.29, 1.82) is 0 Å². The molecule has 0 saturated heterocycles. The van der Waals surface area contributed by atoms with Crippen molar-refractivity contribution in [2.24, 2.45) is 5.92 Å². The van der Waals surface area contributed by atoms with Crippen LogP contribution in [0.15, 0.2) is 71.7 Å². The number of imidazole rings is 1. The fourth-order valence-electron chi connectivity index (χ4n) is 4.36. The number of hydrogen-bond acceptors (Lipinski definition) is 4. The number of aromatic nitrogens is 4. The second-order valence-corrected chi connectivity index (χ2v) is 7.96. The Morgan fingerprint density at radius 1 is 0.933 bits per heavy atom. The van der Waals surface area contributed by atoms with Crippen molar-refractivity contribution in [3.8, 4) is 5.69 Å². The van der Waals surface area contributed by atoms with Crippen LogP contribution in [0.25, 0.3) is 16.9 Å². The Morgan fingerprint density at radius 2 is 1.63 bits per heavy atom. The average molecular weight is 399 g/mol. The zero-order chi connectivity index (χ0) is 20.3. The van der Waals surface area contributed by atoms with Gasteiger partial charge in [0, 0.05) is 12.2 Å². The van der Waals surface area contributed by atoms with Gasteiger partial charge in [-0.05, 0) is 43.0 Å². The molecule has 0 bridgehead atoms. The van der Waals surface area contributed by atoms with Gasteiger partial charge in [0.25, 0.3) is 0 Å². The van der Waals surface area contributed by atoms with Crippen LogP contribution in [0.3, 0.4) is 0 Å². The van der Waals surface area contributed by atoms with Crippen LogP contribution in [0.2, 0.25) is 0 Å². The highest BCUT2D eigenvalue weighted by molar-refractivity contribution is 5.75.